The number of carbonyl (C=O) groups is 1. The Morgan fingerprint density at radius 2 is 1.64 bits per heavy atom. The van der Waals surface area contributed by atoms with Crippen LogP contribution in [0.5, 0.6) is 5.75 Å². The fourth-order valence-corrected chi connectivity index (χ4v) is 3.67. The standard InChI is InChI=1S/C30H24N4O2/c35-29(32-26-14-16-28(17-15-26)36-22-23-8-3-1-4-9-23)18-13-25-21-34(27-11-5-2-6-12-27)33-30(25)24-10-7-19-31-20-24/h1-21H,22H2,(H,32,35)/b18-13+. The third-order valence-electron chi connectivity index (χ3n) is 5.48. The molecular weight excluding hydrogens is 448 g/mol. The smallest absolute Gasteiger partial charge is 0.248 e. The molecule has 2 heterocycles. The van der Waals surface area contributed by atoms with Gasteiger partial charge in [0, 0.05) is 41.5 Å². The summed E-state index contributed by atoms with van der Waals surface area (Å²) in [5.74, 6) is 0.499. The zero-order chi connectivity index (χ0) is 24.6. The molecule has 0 spiro atoms. The van der Waals surface area contributed by atoms with E-state index in [0.717, 1.165) is 33.8 Å². The highest BCUT2D eigenvalue weighted by Gasteiger charge is 2.11. The van der Waals surface area contributed by atoms with Crippen LogP contribution in [0.15, 0.2) is 122 Å². The minimum atomic E-state index is -0.238. The molecule has 0 aliphatic rings. The zero-order valence-electron chi connectivity index (χ0n) is 19.5. The van der Waals surface area contributed by atoms with Crippen molar-refractivity contribution in [2.75, 3.05) is 5.32 Å². The summed E-state index contributed by atoms with van der Waals surface area (Å²) in [6.45, 7) is 0.491. The Balaban J connectivity index is 1.27. The highest BCUT2D eigenvalue weighted by molar-refractivity contribution is 6.02. The van der Waals surface area contributed by atoms with Crippen LogP contribution in [0, 0.1) is 0 Å². The SMILES string of the molecule is O=C(/C=C/c1cn(-c2ccccc2)nc1-c1cccnc1)Nc1ccc(OCc2ccccc2)cc1. The number of anilines is 1. The number of hydrogen-bond acceptors (Lipinski definition) is 4. The maximum atomic E-state index is 12.6. The number of rotatable bonds is 8. The molecule has 6 heteroatoms. The molecule has 0 aliphatic carbocycles. The van der Waals surface area contributed by atoms with Gasteiger partial charge in [-0.05, 0) is 60.2 Å². The lowest BCUT2D eigenvalue weighted by atomic mass is 10.1. The zero-order valence-corrected chi connectivity index (χ0v) is 19.5. The third kappa shape index (κ3) is 5.74. The topological polar surface area (TPSA) is 69.0 Å². The van der Waals surface area contributed by atoms with Gasteiger partial charge < -0.3 is 10.1 Å². The fourth-order valence-electron chi connectivity index (χ4n) is 3.67. The fraction of sp³-hybridized carbons (Fsp3) is 0.0333. The van der Waals surface area contributed by atoms with Crippen molar-refractivity contribution in [2.24, 2.45) is 0 Å². The summed E-state index contributed by atoms with van der Waals surface area (Å²) in [5, 5.41) is 7.63. The minimum absolute atomic E-state index is 0.238. The maximum absolute atomic E-state index is 12.6. The van der Waals surface area contributed by atoms with Gasteiger partial charge in [0.15, 0.2) is 0 Å². The second-order valence-electron chi connectivity index (χ2n) is 8.08. The number of benzene rings is 3. The maximum Gasteiger partial charge on any atom is 0.248 e. The number of nitrogens with zero attached hydrogens (tertiary/aromatic N) is 3. The summed E-state index contributed by atoms with van der Waals surface area (Å²) in [7, 11) is 0. The number of nitrogens with one attached hydrogen (secondary N) is 1. The molecule has 1 amide bonds. The van der Waals surface area contributed by atoms with Crippen molar-refractivity contribution in [1.82, 2.24) is 14.8 Å². The molecule has 5 rings (SSSR count). The Hall–Kier alpha value is -4.97. The number of amides is 1. The molecule has 0 unspecified atom stereocenters. The van der Waals surface area contributed by atoms with Crippen LogP contribution in [-0.2, 0) is 11.4 Å². The van der Waals surface area contributed by atoms with Crippen LogP contribution in [0.2, 0.25) is 0 Å². The Bertz CT molecular complexity index is 1450. The third-order valence-corrected chi connectivity index (χ3v) is 5.48. The Kier molecular flexibility index (Phi) is 6.95. The first-order valence-corrected chi connectivity index (χ1v) is 11.6. The van der Waals surface area contributed by atoms with Crippen LogP contribution >= 0.6 is 0 Å². The molecule has 0 radical (unpaired) electrons. The Morgan fingerprint density at radius 3 is 2.36 bits per heavy atom. The highest BCUT2D eigenvalue weighted by atomic mass is 16.5. The molecule has 5 aromatic rings. The lowest BCUT2D eigenvalue weighted by Gasteiger charge is -2.07. The number of ether oxygens (including phenoxy) is 1. The van der Waals surface area contributed by atoms with Crippen LogP contribution in [0.1, 0.15) is 11.1 Å². The van der Waals surface area contributed by atoms with E-state index in [9.17, 15) is 4.79 Å². The summed E-state index contributed by atoms with van der Waals surface area (Å²) >= 11 is 0. The molecule has 2 aromatic heterocycles. The summed E-state index contributed by atoms with van der Waals surface area (Å²) in [4.78, 5) is 16.8. The van der Waals surface area contributed by atoms with Crippen LogP contribution in [-0.4, -0.2) is 20.7 Å². The molecule has 0 atom stereocenters. The van der Waals surface area contributed by atoms with E-state index in [0.29, 0.717) is 12.3 Å². The van der Waals surface area contributed by atoms with Crippen molar-refractivity contribution in [3.63, 3.8) is 0 Å². The largest absolute Gasteiger partial charge is 0.489 e. The molecule has 1 N–H and O–H groups in total. The van der Waals surface area contributed by atoms with E-state index in [2.05, 4.69) is 10.3 Å². The normalized spacial score (nSPS) is 10.9. The summed E-state index contributed by atoms with van der Waals surface area (Å²) in [6, 6.07) is 31.0. The summed E-state index contributed by atoms with van der Waals surface area (Å²) in [5.41, 5.74) is 5.15. The van der Waals surface area contributed by atoms with Gasteiger partial charge in [0.1, 0.15) is 18.1 Å². The molecule has 6 nitrogen and oxygen atoms in total. The molecule has 0 bridgehead atoms. The molecule has 0 aliphatic heterocycles. The van der Waals surface area contributed by atoms with E-state index in [1.54, 1.807) is 23.2 Å². The summed E-state index contributed by atoms with van der Waals surface area (Å²) < 4.78 is 7.61. The number of carbonyl (C=O) groups excluding carboxylic acids is 1. The number of pyridine rings is 1. The quantitative estimate of drug-likeness (QED) is 0.274. The minimum Gasteiger partial charge on any atom is -0.489 e. The van der Waals surface area contributed by atoms with Crippen molar-refractivity contribution in [3.05, 3.63) is 133 Å². The molecule has 0 saturated heterocycles. The first-order valence-electron chi connectivity index (χ1n) is 11.6. The lowest BCUT2D eigenvalue weighted by molar-refractivity contribution is -0.111. The van der Waals surface area contributed by atoms with E-state index in [1.807, 2.05) is 103 Å². The average Bonchev–Trinajstić information content (AvgIpc) is 3.37. The van der Waals surface area contributed by atoms with Gasteiger partial charge in [0.2, 0.25) is 5.91 Å². The van der Waals surface area contributed by atoms with Crippen molar-refractivity contribution < 1.29 is 9.53 Å². The molecule has 0 saturated carbocycles. The van der Waals surface area contributed by atoms with Crippen LogP contribution in [0.3, 0.4) is 0 Å². The van der Waals surface area contributed by atoms with Gasteiger partial charge in [0.25, 0.3) is 0 Å². The van der Waals surface area contributed by atoms with Gasteiger partial charge in [-0.1, -0.05) is 48.5 Å². The van der Waals surface area contributed by atoms with Crippen LogP contribution < -0.4 is 10.1 Å². The van der Waals surface area contributed by atoms with Gasteiger partial charge in [0.05, 0.1) is 5.69 Å². The molecule has 176 valence electrons. The molecule has 3 aromatic carbocycles. The van der Waals surface area contributed by atoms with E-state index < -0.39 is 0 Å². The van der Waals surface area contributed by atoms with Gasteiger partial charge in [-0.2, -0.15) is 5.10 Å². The van der Waals surface area contributed by atoms with E-state index >= 15 is 0 Å². The first kappa shape index (κ1) is 22.8. The second-order valence-corrected chi connectivity index (χ2v) is 8.08. The number of aromatic nitrogens is 3. The predicted molar refractivity (Wildman–Crippen MR) is 142 cm³/mol. The monoisotopic (exact) mass is 472 g/mol. The van der Waals surface area contributed by atoms with Crippen molar-refractivity contribution in [2.45, 2.75) is 6.61 Å². The van der Waals surface area contributed by atoms with Crippen LogP contribution in [0.25, 0.3) is 23.0 Å². The average molecular weight is 473 g/mol. The Morgan fingerprint density at radius 1 is 0.889 bits per heavy atom. The van der Waals surface area contributed by atoms with E-state index in [-0.39, 0.29) is 5.91 Å². The van der Waals surface area contributed by atoms with Crippen molar-refractivity contribution in [3.8, 4) is 22.7 Å². The molecule has 0 fully saturated rings. The highest BCUT2D eigenvalue weighted by Crippen LogP contribution is 2.24. The number of hydrogen-bond donors (Lipinski definition) is 1. The van der Waals surface area contributed by atoms with Gasteiger partial charge in [-0.15, -0.1) is 0 Å². The lowest BCUT2D eigenvalue weighted by Crippen LogP contribution is -2.07. The van der Waals surface area contributed by atoms with Crippen molar-refractivity contribution >= 4 is 17.7 Å². The second kappa shape index (κ2) is 11.0. The first-order chi connectivity index (χ1) is 17.7. The van der Waals surface area contributed by atoms with Crippen molar-refractivity contribution in [1.29, 1.82) is 0 Å². The van der Waals surface area contributed by atoms with Crippen LogP contribution in [0.4, 0.5) is 5.69 Å². The van der Waals surface area contributed by atoms with Gasteiger partial charge in [-0.25, -0.2) is 4.68 Å². The molecule has 36 heavy (non-hydrogen) atoms. The number of para-hydroxylation sites is 1. The van der Waals surface area contributed by atoms with Gasteiger partial charge in [-0.3, -0.25) is 9.78 Å². The molecular formula is C30H24N4O2. The van der Waals surface area contributed by atoms with Gasteiger partial charge >= 0.3 is 0 Å². The predicted octanol–water partition coefficient (Wildman–Crippen LogP) is 6.17. The Labute approximate surface area is 209 Å². The van der Waals surface area contributed by atoms with E-state index in [4.69, 9.17) is 9.84 Å². The summed E-state index contributed by atoms with van der Waals surface area (Å²) in [6.07, 6.45) is 8.66. The van der Waals surface area contributed by atoms with E-state index in [1.165, 1.54) is 6.08 Å².